The van der Waals surface area contributed by atoms with E-state index in [0.717, 1.165) is 4.90 Å². The molecule has 5 nitrogen and oxygen atoms in total. The summed E-state index contributed by atoms with van der Waals surface area (Å²) >= 11 is 0. The summed E-state index contributed by atoms with van der Waals surface area (Å²) < 4.78 is 0. The van der Waals surface area contributed by atoms with Crippen LogP contribution in [-0.4, -0.2) is 18.2 Å². The molecule has 5 heteroatoms. The molecular weight excluding hydrogens is 268 g/mol. The number of hydrogen-bond donors (Lipinski definition) is 1. The molecule has 21 heavy (non-hydrogen) atoms. The molecule has 0 aromatic heterocycles. The normalized spacial score (nSPS) is 12.6. The zero-order valence-corrected chi connectivity index (χ0v) is 12.9. The first-order chi connectivity index (χ1) is 9.72. The Hall–Kier alpha value is -2.17. The average molecular weight is 290 g/mol. The Morgan fingerprint density at radius 2 is 1.95 bits per heavy atom. The smallest absolute Gasteiger partial charge is 0.248 e. The minimum absolute atomic E-state index is 0.256. The number of amides is 3. The second-order valence-corrected chi connectivity index (χ2v) is 6.06. The van der Waals surface area contributed by atoms with Crippen molar-refractivity contribution >= 4 is 23.9 Å². The minimum Gasteiger partial charge on any atom is -0.366 e. The van der Waals surface area contributed by atoms with Crippen LogP contribution in [0, 0.1) is 11.3 Å². The van der Waals surface area contributed by atoms with E-state index in [-0.39, 0.29) is 22.8 Å². The zero-order chi connectivity index (χ0) is 16.2. The largest absolute Gasteiger partial charge is 0.366 e. The van der Waals surface area contributed by atoms with Gasteiger partial charge in [-0.05, 0) is 30.0 Å². The van der Waals surface area contributed by atoms with Gasteiger partial charge >= 0.3 is 0 Å². The maximum absolute atomic E-state index is 12.6. The summed E-state index contributed by atoms with van der Waals surface area (Å²) in [6.07, 6.45) is 1.11. The molecule has 1 atom stereocenters. The second-order valence-electron chi connectivity index (χ2n) is 6.06. The Labute approximate surface area is 125 Å². The highest BCUT2D eigenvalue weighted by Gasteiger charge is 2.33. The summed E-state index contributed by atoms with van der Waals surface area (Å²) in [5.41, 5.74) is 5.59. The minimum atomic E-state index is -0.599. The molecule has 0 fully saturated rings. The van der Waals surface area contributed by atoms with Crippen LogP contribution in [-0.2, 0) is 9.59 Å². The van der Waals surface area contributed by atoms with Crippen LogP contribution in [0.25, 0.3) is 0 Å². The molecule has 0 saturated carbocycles. The summed E-state index contributed by atoms with van der Waals surface area (Å²) in [4.78, 5) is 36.2. The van der Waals surface area contributed by atoms with E-state index in [1.165, 1.54) is 6.07 Å². The van der Waals surface area contributed by atoms with E-state index in [0.29, 0.717) is 18.5 Å². The van der Waals surface area contributed by atoms with Crippen LogP contribution < -0.4 is 10.6 Å². The van der Waals surface area contributed by atoms with Gasteiger partial charge in [0, 0.05) is 11.5 Å². The van der Waals surface area contributed by atoms with Crippen molar-refractivity contribution in [2.45, 2.75) is 34.1 Å². The summed E-state index contributed by atoms with van der Waals surface area (Å²) in [7, 11) is 0. The fraction of sp³-hybridized carbons (Fsp3) is 0.438. The first-order valence-electron chi connectivity index (χ1n) is 6.90. The van der Waals surface area contributed by atoms with Crippen molar-refractivity contribution in [3.8, 4) is 0 Å². The number of anilines is 1. The Kier molecular flexibility index (Phi) is 5.24. The van der Waals surface area contributed by atoms with Gasteiger partial charge in [0.1, 0.15) is 0 Å². The third-order valence-electron chi connectivity index (χ3n) is 3.50. The van der Waals surface area contributed by atoms with Gasteiger partial charge in [0.05, 0.1) is 5.69 Å². The molecule has 0 spiro atoms. The van der Waals surface area contributed by atoms with E-state index >= 15 is 0 Å². The predicted molar refractivity (Wildman–Crippen MR) is 81.7 cm³/mol. The molecule has 114 valence electrons. The first kappa shape index (κ1) is 16.9. The van der Waals surface area contributed by atoms with Crippen molar-refractivity contribution in [3.05, 3.63) is 29.8 Å². The standard InChI is InChI=1S/C16H22N2O3/c1-5-13(16(2,3)4)15(21)18(10-19)12-8-6-7-11(9-12)14(17)20/h6-10,13H,5H2,1-4H3,(H2,17,20). The first-order valence-corrected chi connectivity index (χ1v) is 6.90. The van der Waals surface area contributed by atoms with Crippen molar-refractivity contribution in [1.82, 2.24) is 0 Å². The molecule has 0 bridgehead atoms. The second kappa shape index (κ2) is 6.52. The van der Waals surface area contributed by atoms with Gasteiger partial charge in [-0.3, -0.25) is 19.3 Å². The molecule has 0 aliphatic heterocycles. The molecule has 0 saturated heterocycles. The van der Waals surface area contributed by atoms with Crippen LogP contribution >= 0.6 is 0 Å². The highest BCUT2D eigenvalue weighted by Crippen LogP contribution is 2.31. The number of primary amides is 1. The van der Waals surface area contributed by atoms with E-state index in [9.17, 15) is 14.4 Å². The van der Waals surface area contributed by atoms with E-state index in [1.54, 1.807) is 18.2 Å². The predicted octanol–water partition coefficient (Wildman–Crippen LogP) is 2.35. The van der Waals surface area contributed by atoms with Crippen molar-refractivity contribution in [2.24, 2.45) is 17.1 Å². The number of imide groups is 1. The van der Waals surface area contributed by atoms with Gasteiger partial charge in [0.2, 0.25) is 18.2 Å². The van der Waals surface area contributed by atoms with Gasteiger partial charge in [0.15, 0.2) is 0 Å². The van der Waals surface area contributed by atoms with Crippen LogP contribution in [0.15, 0.2) is 24.3 Å². The van der Waals surface area contributed by atoms with Gasteiger partial charge in [-0.25, -0.2) is 0 Å². The molecule has 0 aliphatic carbocycles. The van der Waals surface area contributed by atoms with Crippen LogP contribution in [0.2, 0.25) is 0 Å². The Morgan fingerprint density at radius 1 is 1.33 bits per heavy atom. The SMILES string of the molecule is CCC(C(=O)N(C=O)c1cccc(C(N)=O)c1)C(C)(C)C. The van der Waals surface area contributed by atoms with Crippen LogP contribution in [0.5, 0.6) is 0 Å². The number of carbonyl (C=O) groups excluding carboxylic acids is 3. The third-order valence-corrected chi connectivity index (χ3v) is 3.50. The summed E-state index contributed by atoms with van der Waals surface area (Å²) in [5, 5.41) is 0. The monoisotopic (exact) mass is 290 g/mol. The molecule has 0 radical (unpaired) electrons. The van der Waals surface area contributed by atoms with Crippen molar-refractivity contribution < 1.29 is 14.4 Å². The van der Waals surface area contributed by atoms with Crippen molar-refractivity contribution in [1.29, 1.82) is 0 Å². The fourth-order valence-corrected chi connectivity index (χ4v) is 2.37. The molecule has 0 heterocycles. The highest BCUT2D eigenvalue weighted by atomic mass is 16.2. The van der Waals surface area contributed by atoms with E-state index in [2.05, 4.69) is 0 Å². The lowest BCUT2D eigenvalue weighted by Gasteiger charge is -2.31. The molecule has 3 amide bonds. The Bertz CT molecular complexity index is 547. The summed E-state index contributed by atoms with van der Waals surface area (Å²) in [6, 6.07) is 6.19. The lowest BCUT2D eigenvalue weighted by Crippen LogP contribution is -2.40. The number of benzene rings is 1. The van der Waals surface area contributed by atoms with E-state index in [4.69, 9.17) is 5.73 Å². The molecule has 0 aliphatic rings. The van der Waals surface area contributed by atoms with Gasteiger partial charge in [-0.1, -0.05) is 33.8 Å². The van der Waals surface area contributed by atoms with Gasteiger partial charge < -0.3 is 5.73 Å². The number of hydrogen-bond acceptors (Lipinski definition) is 3. The van der Waals surface area contributed by atoms with Gasteiger partial charge in [-0.2, -0.15) is 0 Å². The maximum atomic E-state index is 12.6. The Balaban J connectivity index is 3.18. The quantitative estimate of drug-likeness (QED) is 0.845. The number of carbonyl (C=O) groups is 3. The molecule has 1 aromatic rings. The molecule has 1 unspecified atom stereocenters. The molecular formula is C16H22N2O3. The van der Waals surface area contributed by atoms with Crippen LogP contribution in [0.4, 0.5) is 5.69 Å². The molecule has 1 aromatic carbocycles. The summed E-state index contributed by atoms with van der Waals surface area (Å²) in [6.45, 7) is 7.79. The van der Waals surface area contributed by atoms with Gasteiger partial charge in [-0.15, -0.1) is 0 Å². The lowest BCUT2D eigenvalue weighted by atomic mass is 9.78. The third kappa shape index (κ3) is 3.90. The topological polar surface area (TPSA) is 80.5 Å². The van der Waals surface area contributed by atoms with E-state index in [1.807, 2.05) is 27.7 Å². The summed E-state index contributed by atoms with van der Waals surface area (Å²) in [5.74, 6) is -1.17. The van der Waals surface area contributed by atoms with Gasteiger partial charge in [0.25, 0.3) is 0 Å². The number of nitrogens with two attached hydrogens (primary N) is 1. The van der Waals surface area contributed by atoms with Crippen molar-refractivity contribution in [2.75, 3.05) is 4.90 Å². The average Bonchev–Trinajstić information content (AvgIpc) is 2.39. The number of rotatable bonds is 5. The highest BCUT2D eigenvalue weighted by molar-refractivity contribution is 6.09. The number of nitrogens with zero attached hydrogens (tertiary/aromatic N) is 1. The van der Waals surface area contributed by atoms with E-state index < -0.39 is 5.91 Å². The molecule has 2 N–H and O–H groups in total. The molecule has 1 rings (SSSR count). The zero-order valence-electron chi connectivity index (χ0n) is 12.9. The lowest BCUT2D eigenvalue weighted by molar-refractivity contribution is -0.127. The van der Waals surface area contributed by atoms with Crippen molar-refractivity contribution in [3.63, 3.8) is 0 Å². The fourth-order valence-electron chi connectivity index (χ4n) is 2.37. The Morgan fingerprint density at radius 3 is 2.38 bits per heavy atom. The maximum Gasteiger partial charge on any atom is 0.248 e. The van der Waals surface area contributed by atoms with Crippen LogP contribution in [0.3, 0.4) is 0 Å². The van der Waals surface area contributed by atoms with Crippen LogP contribution in [0.1, 0.15) is 44.5 Å².